The van der Waals surface area contributed by atoms with Crippen molar-refractivity contribution in [3.63, 3.8) is 0 Å². The van der Waals surface area contributed by atoms with Crippen LogP contribution in [0.15, 0.2) is 52.0 Å². The van der Waals surface area contributed by atoms with Gasteiger partial charge < -0.3 is 14.5 Å². The normalized spacial score (nSPS) is 21.4. The highest BCUT2D eigenvalue weighted by atomic mass is 32.2. The van der Waals surface area contributed by atoms with Crippen LogP contribution in [0.5, 0.6) is 5.75 Å². The van der Waals surface area contributed by atoms with Gasteiger partial charge in [0, 0.05) is 19.6 Å². The van der Waals surface area contributed by atoms with Crippen molar-refractivity contribution >= 4 is 15.9 Å². The molecule has 33 heavy (non-hydrogen) atoms. The fraction of sp³-hybridized carbons (Fsp3) is 0.542. The third kappa shape index (κ3) is 5.59. The summed E-state index contributed by atoms with van der Waals surface area (Å²) in [4.78, 5) is 15.6. The van der Waals surface area contributed by atoms with E-state index >= 15 is 0 Å². The molecular formula is C24H33N3O5S. The first-order valence-corrected chi connectivity index (χ1v) is 13.1. The number of benzene rings is 1. The van der Waals surface area contributed by atoms with E-state index in [1.54, 1.807) is 37.6 Å². The van der Waals surface area contributed by atoms with Gasteiger partial charge in [-0.3, -0.25) is 9.69 Å². The summed E-state index contributed by atoms with van der Waals surface area (Å²) < 4.78 is 38.4. The molecule has 0 saturated carbocycles. The molecular weight excluding hydrogens is 442 g/mol. The fourth-order valence-corrected chi connectivity index (χ4v) is 6.26. The summed E-state index contributed by atoms with van der Waals surface area (Å²) in [6, 6.07) is 10.2. The number of rotatable bonds is 8. The molecule has 9 heteroatoms. The zero-order chi connectivity index (χ0) is 23.3. The number of methoxy groups -OCH3 is 1. The molecule has 2 fully saturated rings. The first-order chi connectivity index (χ1) is 16.0. The molecule has 0 spiro atoms. The number of carbonyl (C=O) groups is 1. The Labute approximate surface area is 195 Å². The van der Waals surface area contributed by atoms with Crippen molar-refractivity contribution in [2.45, 2.75) is 43.0 Å². The summed E-state index contributed by atoms with van der Waals surface area (Å²) in [6.45, 7) is 3.03. The maximum atomic E-state index is 13.1. The van der Waals surface area contributed by atoms with Gasteiger partial charge in [-0.25, -0.2) is 8.42 Å². The van der Waals surface area contributed by atoms with Crippen LogP contribution in [0.1, 0.15) is 43.9 Å². The maximum absolute atomic E-state index is 13.1. The van der Waals surface area contributed by atoms with Gasteiger partial charge in [0.15, 0.2) is 0 Å². The first kappa shape index (κ1) is 23.8. The molecule has 1 aromatic heterocycles. The van der Waals surface area contributed by atoms with E-state index in [2.05, 4.69) is 10.2 Å². The number of hydrogen-bond acceptors (Lipinski definition) is 6. The molecule has 4 rings (SSSR count). The molecule has 2 aliphatic heterocycles. The van der Waals surface area contributed by atoms with Crippen LogP contribution in [0.4, 0.5) is 0 Å². The van der Waals surface area contributed by atoms with E-state index in [0.29, 0.717) is 31.7 Å². The summed E-state index contributed by atoms with van der Waals surface area (Å²) in [7, 11) is -2.12. The maximum Gasteiger partial charge on any atom is 0.243 e. The quantitative estimate of drug-likeness (QED) is 0.631. The van der Waals surface area contributed by atoms with E-state index < -0.39 is 10.0 Å². The van der Waals surface area contributed by atoms with Crippen molar-refractivity contribution in [3.05, 3.63) is 48.4 Å². The second kappa shape index (κ2) is 10.7. The number of likely N-dealkylation sites (tertiary alicyclic amines) is 1. The summed E-state index contributed by atoms with van der Waals surface area (Å²) in [5.41, 5.74) is 0. The van der Waals surface area contributed by atoms with Gasteiger partial charge in [-0.2, -0.15) is 4.31 Å². The number of nitrogens with one attached hydrogen (secondary N) is 1. The number of nitrogens with zero attached hydrogens (tertiary/aromatic N) is 2. The lowest BCUT2D eigenvalue weighted by Crippen LogP contribution is -2.47. The molecule has 0 bridgehead atoms. The molecule has 8 nitrogen and oxygen atoms in total. The molecule has 1 aromatic carbocycles. The minimum atomic E-state index is -3.66. The van der Waals surface area contributed by atoms with Crippen LogP contribution in [-0.4, -0.2) is 63.4 Å². The highest BCUT2D eigenvalue weighted by Gasteiger charge is 2.34. The van der Waals surface area contributed by atoms with Gasteiger partial charge >= 0.3 is 0 Å². The Morgan fingerprint density at radius 2 is 1.88 bits per heavy atom. The predicted octanol–water partition coefficient (Wildman–Crippen LogP) is 3.03. The molecule has 3 heterocycles. The first-order valence-electron chi connectivity index (χ1n) is 11.7. The topological polar surface area (TPSA) is 92.1 Å². The summed E-state index contributed by atoms with van der Waals surface area (Å²) >= 11 is 0. The van der Waals surface area contributed by atoms with E-state index in [0.717, 1.165) is 31.7 Å². The minimum absolute atomic E-state index is 0.00743. The van der Waals surface area contributed by atoms with Crippen LogP contribution in [0.25, 0.3) is 0 Å². The lowest BCUT2D eigenvalue weighted by molar-refractivity contribution is -0.126. The third-order valence-corrected chi connectivity index (χ3v) is 8.50. The van der Waals surface area contributed by atoms with Gasteiger partial charge in [-0.05, 0) is 75.2 Å². The Kier molecular flexibility index (Phi) is 7.72. The number of ether oxygens (including phenoxy) is 1. The van der Waals surface area contributed by atoms with E-state index in [9.17, 15) is 13.2 Å². The molecule has 0 unspecified atom stereocenters. The molecule has 2 saturated heterocycles. The van der Waals surface area contributed by atoms with Crippen molar-refractivity contribution in [3.8, 4) is 5.75 Å². The average Bonchev–Trinajstić information content (AvgIpc) is 3.39. The largest absolute Gasteiger partial charge is 0.497 e. The monoisotopic (exact) mass is 475 g/mol. The lowest BCUT2D eigenvalue weighted by Gasteiger charge is -2.34. The van der Waals surface area contributed by atoms with Crippen LogP contribution < -0.4 is 10.1 Å². The van der Waals surface area contributed by atoms with Gasteiger partial charge in [0.05, 0.1) is 30.2 Å². The second-order valence-electron chi connectivity index (χ2n) is 8.75. The van der Waals surface area contributed by atoms with E-state index in [4.69, 9.17) is 9.15 Å². The van der Waals surface area contributed by atoms with Crippen molar-refractivity contribution in [2.75, 3.05) is 39.8 Å². The highest BCUT2D eigenvalue weighted by Crippen LogP contribution is 2.27. The van der Waals surface area contributed by atoms with Gasteiger partial charge in [0.1, 0.15) is 11.5 Å². The molecule has 0 aliphatic carbocycles. The van der Waals surface area contributed by atoms with E-state index in [1.807, 2.05) is 12.1 Å². The minimum Gasteiger partial charge on any atom is -0.497 e. The fourth-order valence-electron chi connectivity index (χ4n) is 4.73. The third-order valence-electron chi connectivity index (χ3n) is 6.62. The molecule has 0 radical (unpaired) electrons. The second-order valence-corrected chi connectivity index (χ2v) is 10.7. The number of furan rings is 1. The lowest BCUT2D eigenvalue weighted by atomic mass is 9.98. The Balaban J connectivity index is 1.39. The van der Waals surface area contributed by atoms with Crippen molar-refractivity contribution in [2.24, 2.45) is 5.92 Å². The Morgan fingerprint density at radius 3 is 2.55 bits per heavy atom. The summed E-state index contributed by atoms with van der Waals surface area (Å²) in [5, 5.41) is 3.09. The molecule has 2 atom stereocenters. The smallest absolute Gasteiger partial charge is 0.243 e. The van der Waals surface area contributed by atoms with Gasteiger partial charge in [0.2, 0.25) is 15.9 Å². The molecule has 1 N–H and O–H groups in total. The summed E-state index contributed by atoms with van der Waals surface area (Å²) in [6.07, 6.45) is 6.51. The SMILES string of the molecule is COc1ccc(S(=O)(=O)N2CCC[C@@H](C(=O)NC[C@H](c3ccco3)N3CCCCC3)C2)cc1. The standard InChI is InChI=1S/C24H33N3O5S/c1-31-20-9-11-21(12-10-20)33(29,30)27-15-5-7-19(18-27)24(28)25-17-22(23-8-6-16-32-23)26-13-3-2-4-14-26/h6,8-12,16,19,22H,2-5,7,13-15,17-18H2,1H3,(H,25,28)/t19-,22-/m1/s1. The van der Waals surface area contributed by atoms with Crippen molar-refractivity contribution in [1.82, 2.24) is 14.5 Å². The number of amides is 1. The van der Waals surface area contributed by atoms with Crippen LogP contribution in [0.2, 0.25) is 0 Å². The van der Waals surface area contributed by atoms with Gasteiger partial charge in [0.25, 0.3) is 0 Å². The molecule has 1 amide bonds. The van der Waals surface area contributed by atoms with Crippen LogP contribution in [0.3, 0.4) is 0 Å². The number of hydrogen-bond donors (Lipinski definition) is 1. The molecule has 2 aromatic rings. The van der Waals surface area contributed by atoms with E-state index in [1.165, 1.54) is 10.7 Å². The zero-order valence-electron chi connectivity index (χ0n) is 19.1. The van der Waals surface area contributed by atoms with Crippen molar-refractivity contribution in [1.29, 1.82) is 0 Å². The highest BCUT2D eigenvalue weighted by molar-refractivity contribution is 7.89. The predicted molar refractivity (Wildman–Crippen MR) is 124 cm³/mol. The average molecular weight is 476 g/mol. The number of carbonyl (C=O) groups excluding carboxylic acids is 1. The Bertz CT molecular complexity index is 1000. The van der Waals surface area contributed by atoms with Crippen molar-refractivity contribution < 1.29 is 22.4 Å². The molecule has 2 aliphatic rings. The van der Waals surface area contributed by atoms with Gasteiger partial charge in [-0.1, -0.05) is 6.42 Å². The summed E-state index contributed by atoms with van der Waals surface area (Å²) in [5.74, 6) is 0.984. The van der Waals surface area contributed by atoms with Crippen LogP contribution in [-0.2, 0) is 14.8 Å². The van der Waals surface area contributed by atoms with E-state index in [-0.39, 0.29) is 29.3 Å². The molecule has 180 valence electrons. The van der Waals surface area contributed by atoms with Gasteiger partial charge in [-0.15, -0.1) is 0 Å². The number of piperidine rings is 2. The zero-order valence-corrected chi connectivity index (χ0v) is 19.9. The Morgan fingerprint density at radius 1 is 1.12 bits per heavy atom. The van der Waals surface area contributed by atoms with Crippen LogP contribution in [0, 0.1) is 5.92 Å². The Hall–Kier alpha value is -2.36. The van der Waals surface area contributed by atoms with Crippen LogP contribution >= 0.6 is 0 Å². The number of sulfonamides is 1.